The van der Waals surface area contributed by atoms with Crippen molar-refractivity contribution in [1.82, 2.24) is 9.55 Å². The van der Waals surface area contributed by atoms with Crippen LogP contribution in [0.15, 0.2) is 82.8 Å². The Morgan fingerprint density at radius 3 is 1.97 bits per heavy atom. The minimum atomic E-state index is -0.406. The van der Waals surface area contributed by atoms with Gasteiger partial charge in [-0.1, -0.05) is 77.8 Å². The van der Waals surface area contributed by atoms with Crippen molar-refractivity contribution >= 4 is 52.1 Å². The Morgan fingerprint density at radius 1 is 0.800 bits per heavy atom. The molecule has 5 aromatic rings. The van der Waals surface area contributed by atoms with Crippen LogP contribution in [0.1, 0.15) is 26.5 Å². The summed E-state index contributed by atoms with van der Waals surface area (Å²) in [6, 6.07) is 22.9. The molecule has 0 atom stereocenters. The Bertz CT molecular complexity index is 1650. The van der Waals surface area contributed by atoms with Crippen molar-refractivity contribution < 1.29 is 14.0 Å². The van der Waals surface area contributed by atoms with E-state index in [1.54, 1.807) is 6.07 Å². The number of carbonyl (C=O) groups is 2. The number of hydrogen-bond acceptors (Lipinski definition) is 4. The zero-order chi connectivity index (χ0) is 24.3. The van der Waals surface area contributed by atoms with Crippen LogP contribution >= 0.6 is 23.2 Å². The number of aryl methyl sites for hydroxylation is 1. The first kappa shape index (κ1) is 21.6. The number of carbonyl (C=O) groups excluding carboxylic acids is 2. The summed E-state index contributed by atoms with van der Waals surface area (Å²) in [5.74, 6) is 0.306. The van der Waals surface area contributed by atoms with Crippen molar-refractivity contribution in [2.24, 2.45) is 7.05 Å². The van der Waals surface area contributed by atoms with E-state index in [9.17, 15) is 9.59 Å². The molecule has 0 aliphatic heterocycles. The number of Topliss-reactive ketones (excluding diaryl/α,β-unsaturated/α-hetero) is 2. The molecule has 0 fully saturated rings. The molecule has 0 spiro atoms. The number of furan rings is 1. The summed E-state index contributed by atoms with van der Waals surface area (Å²) in [5.41, 5.74) is 4.88. The molecule has 1 aliphatic carbocycles. The molecular formula is C28H16Cl2N2O3. The van der Waals surface area contributed by atoms with Crippen LogP contribution < -0.4 is 0 Å². The third kappa shape index (κ3) is 3.52. The number of nitrogens with zero attached hydrogens (tertiary/aromatic N) is 2. The summed E-state index contributed by atoms with van der Waals surface area (Å²) in [7, 11) is 1.90. The Hall–Kier alpha value is -3.93. The molecule has 3 aromatic carbocycles. The zero-order valence-electron chi connectivity index (χ0n) is 18.4. The Labute approximate surface area is 210 Å². The van der Waals surface area contributed by atoms with Crippen molar-refractivity contribution in [2.75, 3.05) is 0 Å². The first-order chi connectivity index (χ1) is 16.9. The van der Waals surface area contributed by atoms with Gasteiger partial charge in [0.05, 0.1) is 15.6 Å². The van der Waals surface area contributed by atoms with Gasteiger partial charge in [-0.3, -0.25) is 9.59 Å². The molecule has 1 aliphatic rings. The maximum absolute atomic E-state index is 12.8. The van der Waals surface area contributed by atoms with Crippen molar-refractivity contribution in [3.8, 4) is 22.5 Å². The molecule has 2 heterocycles. The fourth-order valence-electron chi connectivity index (χ4n) is 4.36. The quantitative estimate of drug-likeness (QED) is 0.194. The Kier molecular flexibility index (Phi) is 4.99. The number of rotatable bonds is 3. The lowest BCUT2D eigenvalue weighted by Gasteiger charge is -2.05. The first-order valence-electron chi connectivity index (χ1n) is 10.8. The van der Waals surface area contributed by atoms with Gasteiger partial charge < -0.3 is 8.98 Å². The van der Waals surface area contributed by atoms with E-state index in [1.165, 1.54) is 18.2 Å². The van der Waals surface area contributed by atoms with E-state index in [-0.39, 0.29) is 26.7 Å². The van der Waals surface area contributed by atoms with E-state index >= 15 is 0 Å². The Morgan fingerprint density at radius 2 is 1.37 bits per heavy atom. The van der Waals surface area contributed by atoms with Gasteiger partial charge in [-0.15, -0.1) is 0 Å². The van der Waals surface area contributed by atoms with E-state index in [0.717, 1.165) is 28.0 Å². The molecule has 0 unspecified atom stereocenters. The summed E-state index contributed by atoms with van der Waals surface area (Å²) >= 11 is 12.1. The number of fused-ring (bicyclic) bond motifs is 2. The van der Waals surface area contributed by atoms with Gasteiger partial charge in [0, 0.05) is 29.8 Å². The number of benzene rings is 3. The second-order valence-electron chi connectivity index (χ2n) is 8.31. The van der Waals surface area contributed by atoms with Crippen molar-refractivity contribution in [1.29, 1.82) is 0 Å². The topological polar surface area (TPSA) is 65.1 Å². The predicted molar refractivity (Wildman–Crippen MR) is 137 cm³/mol. The molecule has 0 saturated carbocycles. The standard InChI is InChI=1S/C28H16Cl2N2O3/c1-32-24-12-18(11-21-25(33)19-13-22(29)23(30)14-20(19)26(21)34)35-28(24)31-27(32)17-9-7-16(8-10-17)15-5-3-2-4-6-15/h2-14H,1H3. The minimum absolute atomic E-state index is 0.00844. The van der Waals surface area contributed by atoms with Gasteiger partial charge in [0.1, 0.15) is 17.1 Å². The lowest BCUT2D eigenvalue weighted by Crippen LogP contribution is -1.99. The first-order valence-corrected chi connectivity index (χ1v) is 11.6. The molecule has 0 amide bonds. The number of halogens is 2. The molecule has 7 heteroatoms. The van der Waals surface area contributed by atoms with Crippen LogP contribution in [-0.4, -0.2) is 21.1 Å². The highest BCUT2D eigenvalue weighted by molar-refractivity contribution is 6.46. The fraction of sp³-hybridized carbons (Fsp3) is 0.0357. The highest BCUT2D eigenvalue weighted by atomic mass is 35.5. The normalized spacial score (nSPS) is 13.1. The number of hydrogen-bond donors (Lipinski definition) is 0. The maximum atomic E-state index is 12.8. The lowest BCUT2D eigenvalue weighted by molar-refractivity contribution is 0.0990. The largest absolute Gasteiger partial charge is 0.437 e. The molecule has 0 N–H and O–H groups in total. The van der Waals surface area contributed by atoms with Gasteiger partial charge in [0.25, 0.3) is 0 Å². The number of imidazole rings is 1. The highest BCUT2D eigenvalue weighted by Crippen LogP contribution is 2.35. The molecule has 0 bridgehead atoms. The average molecular weight is 499 g/mol. The maximum Gasteiger partial charge on any atom is 0.245 e. The van der Waals surface area contributed by atoms with Crippen LogP contribution in [0.3, 0.4) is 0 Å². The van der Waals surface area contributed by atoms with Gasteiger partial charge in [-0.25, -0.2) is 0 Å². The van der Waals surface area contributed by atoms with Crippen LogP contribution in [-0.2, 0) is 7.05 Å². The fourth-order valence-corrected chi connectivity index (χ4v) is 4.68. The SMILES string of the molecule is Cn1c(-c2ccc(-c3ccccc3)cc2)nc2oc(C=C3C(=O)c4cc(Cl)c(Cl)cc4C3=O)cc21. The van der Waals surface area contributed by atoms with E-state index in [4.69, 9.17) is 27.6 Å². The zero-order valence-corrected chi connectivity index (χ0v) is 19.9. The lowest BCUT2D eigenvalue weighted by atomic mass is 10.0. The average Bonchev–Trinajstić information content (AvgIpc) is 3.48. The van der Waals surface area contributed by atoms with Crippen LogP contribution in [0.25, 0.3) is 39.8 Å². The van der Waals surface area contributed by atoms with E-state index in [0.29, 0.717) is 11.5 Å². The second kappa shape index (κ2) is 8.08. The molecule has 170 valence electrons. The van der Waals surface area contributed by atoms with Gasteiger partial charge in [0.15, 0.2) is 11.6 Å². The van der Waals surface area contributed by atoms with Crippen molar-refractivity contribution in [3.63, 3.8) is 0 Å². The second-order valence-corrected chi connectivity index (χ2v) is 9.12. The summed E-state index contributed by atoms with van der Waals surface area (Å²) < 4.78 is 7.81. The summed E-state index contributed by atoms with van der Waals surface area (Å²) in [4.78, 5) is 30.3. The van der Waals surface area contributed by atoms with Crippen LogP contribution in [0.2, 0.25) is 10.0 Å². The van der Waals surface area contributed by atoms with Crippen LogP contribution in [0, 0.1) is 0 Å². The van der Waals surface area contributed by atoms with Gasteiger partial charge in [-0.05, 0) is 29.3 Å². The Balaban J connectivity index is 1.33. The predicted octanol–water partition coefficient (Wildman–Crippen LogP) is 7.27. The summed E-state index contributed by atoms with van der Waals surface area (Å²) in [6.45, 7) is 0. The van der Waals surface area contributed by atoms with E-state index < -0.39 is 11.6 Å². The van der Waals surface area contributed by atoms with Gasteiger partial charge in [-0.2, -0.15) is 4.98 Å². The van der Waals surface area contributed by atoms with E-state index in [2.05, 4.69) is 29.2 Å². The van der Waals surface area contributed by atoms with Gasteiger partial charge >= 0.3 is 0 Å². The molecular weight excluding hydrogens is 483 g/mol. The number of allylic oxidation sites excluding steroid dienone is 1. The highest BCUT2D eigenvalue weighted by Gasteiger charge is 2.34. The van der Waals surface area contributed by atoms with Crippen LogP contribution in [0.5, 0.6) is 0 Å². The number of aromatic nitrogens is 2. The molecule has 0 radical (unpaired) electrons. The van der Waals surface area contributed by atoms with Crippen LogP contribution in [0.4, 0.5) is 0 Å². The monoisotopic (exact) mass is 498 g/mol. The smallest absolute Gasteiger partial charge is 0.245 e. The van der Waals surface area contributed by atoms with E-state index in [1.807, 2.05) is 41.9 Å². The molecule has 6 rings (SSSR count). The van der Waals surface area contributed by atoms with Crippen molar-refractivity contribution in [2.45, 2.75) is 0 Å². The molecule has 2 aromatic heterocycles. The summed E-state index contributed by atoms with van der Waals surface area (Å²) in [5, 5.41) is 0.454. The molecule has 0 saturated heterocycles. The minimum Gasteiger partial charge on any atom is -0.437 e. The molecule has 5 nitrogen and oxygen atoms in total. The van der Waals surface area contributed by atoms with Gasteiger partial charge in [0.2, 0.25) is 5.71 Å². The number of ketones is 2. The molecule has 35 heavy (non-hydrogen) atoms. The summed E-state index contributed by atoms with van der Waals surface area (Å²) in [6.07, 6.45) is 1.45. The van der Waals surface area contributed by atoms with Crippen molar-refractivity contribution in [3.05, 3.63) is 105 Å². The third-order valence-corrected chi connectivity index (χ3v) is 6.90. The third-order valence-electron chi connectivity index (χ3n) is 6.17.